The Morgan fingerprint density at radius 1 is 0.970 bits per heavy atom. The number of anilines is 1. The van der Waals surface area contributed by atoms with Crippen LogP contribution in [-0.4, -0.2) is 33.0 Å². The molecule has 0 saturated heterocycles. The van der Waals surface area contributed by atoms with Gasteiger partial charge in [0.15, 0.2) is 11.0 Å². The predicted molar refractivity (Wildman–Crippen MR) is 134 cm³/mol. The van der Waals surface area contributed by atoms with Gasteiger partial charge in [-0.05, 0) is 67.6 Å². The Kier molecular flexibility index (Phi) is 7.54. The van der Waals surface area contributed by atoms with Crippen LogP contribution in [0, 0.1) is 0 Å². The van der Waals surface area contributed by atoms with Crippen molar-refractivity contribution in [3.8, 4) is 22.8 Å². The minimum absolute atomic E-state index is 0.146. The lowest BCUT2D eigenvalue weighted by Crippen LogP contribution is -2.15. The number of hydrogen-bond donors (Lipinski definition) is 1. The molecule has 9 heteroatoms. The molecule has 0 atom stereocenters. The average Bonchev–Trinajstić information content (AvgIpc) is 3.24. The number of aromatic nitrogens is 3. The first-order valence-electron chi connectivity index (χ1n) is 10.2. The van der Waals surface area contributed by atoms with E-state index in [0.717, 1.165) is 11.3 Å². The van der Waals surface area contributed by atoms with Crippen molar-refractivity contribution in [2.75, 3.05) is 17.7 Å². The summed E-state index contributed by atoms with van der Waals surface area (Å²) in [6.07, 6.45) is 0. The number of nitrogens with zero attached hydrogens (tertiary/aromatic N) is 3. The van der Waals surface area contributed by atoms with E-state index < -0.39 is 0 Å². The van der Waals surface area contributed by atoms with E-state index in [1.165, 1.54) is 11.8 Å². The Morgan fingerprint density at radius 2 is 1.64 bits per heavy atom. The van der Waals surface area contributed by atoms with Gasteiger partial charge in [0.2, 0.25) is 5.91 Å². The SMILES string of the molecule is CCOc1ccccc1NC(=O)CSc1nnc(-c2ccc(Cl)cc2)n1-c1ccc(Cl)cc1. The quantitative estimate of drug-likeness (QED) is 0.285. The zero-order chi connectivity index (χ0) is 23.2. The summed E-state index contributed by atoms with van der Waals surface area (Å²) in [5.41, 5.74) is 2.31. The summed E-state index contributed by atoms with van der Waals surface area (Å²) in [6, 6.07) is 22.1. The summed E-state index contributed by atoms with van der Waals surface area (Å²) in [7, 11) is 0. The smallest absolute Gasteiger partial charge is 0.234 e. The molecule has 0 aliphatic rings. The number of thioether (sulfide) groups is 1. The van der Waals surface area contributed by atoms with Crippen LogP contribution < -0.4 is 10.1 Å². The van der Waals surface area contributed by atoms with Crippen LogP contribution in [0.3, 0.4) is 0 Å². The summed E-state index contributed by atoms with van der Waals surface area (Å²) in [6.45, 7) is 2.41. The average molecular weight is 499 g/mol. The maximum Gasteiger partial charge on any atom is 0.234 e. The summed E-state index contributed by atoms with van der Waals surface area (Å²) in [5, 5.41) is 13.5. The fraction of sp³-hybridized carbons (Fsp3) is 0.125. The zero-order valence-electron chi connectivity index (χ0n) is 17.7. The van der Waals surface area contributed by atoms with E-state index in [1.807, 2.05) is 60.0 Å². The molecule has 0 bridgehead atoms. The van der Waals surface area contributed by atoms with Gasteiger partial charge >= 0.3 is 0 Å². The molecule has 0 aliphatic carbocycles. The van der Waals surface area contributed by atoms with Crippen LogP contribution in [0.1, 0.15) is 6.92 Å². The molecule has 4 rings (SSSR count). The molecule has 0 spiro atoms. The Balaban J connectivity index is 1.58. The molecule has 1 heterocycles. The van der Waals surface area contributed by atoms with Gasteiger partial charge in [-0.15, -0.1) is 10.2 Å². The molecule has 6 nitrogen and oxygen atoms in total. The summed E-state index contributed by atoms with van der Waals surface area (Å²) < 4.78 is 7.47. The normalized spacial score (nSPS) is 10.8. The molecule has 0 unspecified atom stereocenters. The van der Waals surface area contributed by atoms with E-state index in [4.69, 9.17) is 27.9 Å². The van der Waals surface area contributed by atoms with Crippen LogP contribution in [-0.2, 0) is 4.79 Å². The Labute approximate surface area is 205 Å². The molecule has 0 aliphatic heterocycles. The zero-order valence-corrected chi connectivity index (χ0v) is 20.0. The predicted octanol–water partition coefficient (Wildman–Crippen LogP) is 6.37. The lowest BCUT2D eigenvalue weighted by atomic mass is 10.2. The van der Waals surface area contributed by atoms with Crippen LogP contribution in [0.5, 0.6) is 5.75 Å². The molecule has 33 heavy (non-hydrogen) atoms. The van der Waals surface area contributed by atoms with Crippen molar-refractivity contribution in [1.82, 2.24) is 14.8 Å². The van der Waals surface area contributed by atoms with Gasteiger partial charge in [-0.2, -0.15) is 0 Å². The lowest BCUT2D eigenvalue weighted by molar-refractivity contribution is -0.113. The van der Waals surface area contributed by atoms with E-state index in [2.05, 4.69) is 15.5 Å². The fourth-order valence-electron chi connectivity index (χ4n) is 3.14. The number of ether oxygens (including phenoxy) is 1. The van der Waals surface area contributed by atoms with Gasteiger partial charge in [-0.1, -0.05) is 47.1 Å². The third-order valence-electron chi connectivity index (χ3n) is 4.61. The minimum Gasteiger partial charge on any atom is -0.492 e. The fourth-order valence-corrected chi connectivity index (χ4v) is 4.14. The number of hydrogen-bond acceptors (Lipinski definition) is 5. The van der Waals surface area contributed by atoms with Gasteiger partial charge in [-0.25, -0.2) is 0 Å². The molecule has 1 N–H and O–H groups in total. The Hall–Kier alpha value is -3.00. The van der Waals surface area contributed by atoms with Gasteiger partial charge < -0.3 is 10.1 Å². The van der Waals surface area contributed by atoms with Crippen molar-refractivity contribution in [1.29, 1.82) is 0 Å². The lowest BCUT2D eigenvalue weighted by Gasteiger charge is -2.12. The standard InChI is InChI=1S/C24H20Cl2N4O2S/c1-2-32-21-6-4-3-5-20(21)27-22(31)15-33-24-29-28-23(16-7-9-17(25)10-8-16)30(24)19-13-11-18(26)12-14-19/h3-14H,2,15H2,1H3,(H,27,31). The first kappa shape index (κ1) is 23.2. The maximum atomic E-state index is 12.7. The van der Waals surface area contributed by atoms with Gasteiger partial charge in [-0.3, -0.25) is 9.36 Å². The van der Waals surface area contributed by atoms with Crippen LogP contribution >= 0.6 is 35.0 Å². The largest absolute Gasteiger partial charge is 0.492 e. The second-order valence-electron chi connectivity index (χ2n) is 6.89. The van der Waals surface area contributed by atoms with Crippen LogP contribution in [0.2, 0.25) is 10.0 Å². The molecule has 0 fully saturated rings. The van der Waals surface area contributed by atoms with Crippen molar-refractivity contribution < 1.29 is 9.53 Å². The van der Waals surface area contributed by atoms with E-state index >= 15 is 0 Å². The molecule has 1 aromatic heterocycles. The van der Waals surface area contributed by atoms with Crippen molar-refractivity contribution >= 4 is 46.6 Å². The van der Waals surface area contributed by atoms with Gasteiger partial charge in [0.1, 0.15) is 5.75 Å². The minimum atomic E-state index is -0.175. The van der Waals surface area contributed by atoms with Crippen molar-refractivity contribution in [3.05, 3.63) is 82.8 Å². The summed E-state index contributed by atoms with van der Waals surface area (Å²) >= 11 is 13.4. The van der Waals surface area contributed by atoms with E-state index in [1.54, 1.807) is 24.3 Å². The van der Waals surface area contributed by atoms with Crippen LogP contribution in [0.4, 0.5) is 5.69 Å². The van der Waals surface area contributed by atoms with Crippen LogP contribution in [0.15, 0.2) is 78.0 Å². The number of amides is 1. The third kappa shape index (κ3) is 5.68. The molecule has 0 saturated carbocycles. The molecule has 4 aromatic rings. The molecular formula is C24H20Cl2N4O2S. The first-order chi connectivity index (χ1) is 16.0. The number of rotatable bonds is 8. The monoisotopic (exact) mass is 498 g/mol. The molecule has 168 valence electrons. The van der Waals surface area contributed by atoms with E-state index in [0.29, 0.717) is 39.1 Å². The Morgan fingerprint density at radius 3 is 2.33 bits per heavy atom. The van der Waals surface area contributed by atoms with Crippen molar-refractivity contribution in [2.45, 2.75) is 12.1 Å². The number of carbonyl (C=O) groups excluding carboxylic acids is 1. The number of benzene rings is 3. The maximum absolute atomic E-state index is 12.7. The summed E-state index contributed by atoms with van der Waals surface area (Å²) in [4.78, 5) is 12.7. The third-order valence-corrected chi connectivity index (χ3v) is 6.05. The first-order valence-corrected chi connectivity index (χ1v) is 11.9. The second-order valence-corrected chi connectivity index (χ2v) is 8.71. The topological polar surface area (TPSA) is 69.0 Å². The highest BCUT2D eigenvalue weighted by molar-refractivity contribution is 7.99. The van der Waals surface area contributed by atoms with E-state index in [-0.39, 0.29) is 11.7 Å². The van der Waals surface area contributed by atoms with E-state index in [9.17, 15) is 4.79 Å². The molecular weight excluding hydrogens is 479 g/mol. The van der Waals surface area contributed by atoms with Crippen molar-refractivity contribution in [3.63, 3.8) is 0 Å². The van der Waals surface area contributed by atoms with Gasteiger partial charge in [0.05, 0.1) is 18.0 Å². The second kappa shape index (κ2) is 10.7. The number of carbonyl (C=O) groups is 1. The highest BCUT2D eigenvalue weighted by Gasteiger charge is 2.18. The summed E-state index contributed by atoms with van der Waals surface area (Å²) in [5.74, 6) is 1.24. The number of nitrogens with one attached hydrogen (secondary N) is 1. The van der Waals surface area contributed by atoms with Crippen molar-refractivity contribution in [2.24, 2.45) is 0 Å². The molecule has 0 radical (unpaired) electrons. The number of para-hydroxylation sites is 2. The number of halogens is 2. The van der Waals surface area contributed by atoms with Gasteiger partial charge in [0, 0.05) is 21.3 Å². The van der Waals surface area contributed by atoms with Crippen LogP contribution in [0.25, 0.3) is 17.1 Å². The van der Waals surface area contributed by atoms with Gasteiger partial charge in [0.25, 0.3) is 0 Å². The Bertz CT molecular complexity index is 1240. The highest BCUT2D eigenvalue weighted by atomic mass is 35.5. The molecule has 1 amide bonds. The highest BCUT2D eigenvalue weighted by Crippen LogP contribution is 2.30. The molecule has 3 aromatic carbocycles.